The van der Waals surface area contributed by atoms with Crippen LogP contribution >= 0.6 is 0 Å². The van der Waals surface area contributed by atoms with E-state index in [4.69, 9.17) is 9.84 Å². The van der Waals surface area contributed by atoms with Crippen molar-refractivity contribution in [1.29, 1.82) is 0 Å². The lowest BCUT2D eigenvalue weighted by Crippen LogP contribution is -2.44. The number of nitrogens with zero attached hydrogens (tertiary/aromatic N) is 1. The summed E-state index contributed by atoms with van der Waals surface area (Å²) in [6.07, 6.45) is -0.418. The molecule has 0 unspecified atom stereocenters. The molecule has 1 aromatic carbocycles. The van der Waals surface area contributed by atoms with E-state index >= 15 is 0 Å². The summed E-state index contributed by atoms with van der Waals surface area (Å²) in [5.74, 6) is -1.09. The van der Waals surface area contributed by atoms with Gasteiger partial charge < -0.3 is 14.7 Å². The van der Waals surface area contributed by atoms with Crippen molar-refractivity contribution in [1.82, 2.24) is 4.90 Å². The minimum absolute atomic E-state index is 0.0313. The summed E-state index contributed by atoms with van der Waals surface area (Å²) >= 11 is 0. The van der Waals surface area contributed by atoms with Gasteiger partial charge in [-0.15, -0.1) is 0 Å². The number of ether oxygens (including phenoxy) is 1. The number of hydrogen-bond acceptors (Lipinski definition) is 5. The van der Waals surface area contributed by atoms with Crippen molar-refractivity contribution >= 4 is 21.7 Å². The Kier molecular flexibility index (Phi) is 4.93. The van der Waals surface area contributed by atoms with Crippen molar-refractivity contribution in [2.45, 2.75) is 25.5 Å². The molecule has 23 heavy (non-hydrogen) atoms. The molecule has 1 aliphatic heterocycles. The van der Waals surface area contributed by atoms with Gasteiger partial charge in [-0.3, -0.25) is 4.79 Å². The van der Waals surface area contributed by atoms with Crippen LogP contribution in [0.1, 0.15) is 23.7 Å². The average Bonchev–Trinajstić information content (AvgIpc) is 2.86. The van der Waals surface area contributed by atoms with Crippen molar-refractivity contribution < 1.29 is 27.9 Å². The summed E-state index contributed by atoms with van der Waals surface area (Å²) in [4.78, 5) is 24.7. The van der Waals surface area contributed by atoms with Gasteiger partial charge in [0.1, 0.15) is 5.75 Å². The molecule has 1 aromatic rings. The van der Waals surface area contributed by atoms with E-state index in [1.54, 1.807) is 20.0 Å². The van der Waals surface area contributed by atoms with Gasteiger partial charge in [-0.05, 0) is 31.5 Å². The molecule has 7 nitrogen and oxygen atoms in total. The second-order valence-electron chi connectivity index (χ2n) is 5.60. The lowest BCUT2D eigenvalue weighted by atomic mass is 10.2. The van der Waals surface area contributed by atoms with Gasteiger partial charge in [-0.1, -0.05) is 6.07 Å². The van der Waals surface area contributed by atoms with E-state index in [0.717, 1.165) is 0 Å². The molecule has 0 bridgehead atoms. The fourth-order valence-corrected chi connectivity index (χ4v) is 4.28. The van der Waals surface area contributed by atoms with Gasteiger partial charge in [0.15, 0.2) is 15.9 Å². The number of benzene rings is 1. The zero-order chi connectivity index (χ0) is 17.2. The van der Waals surface area contributed by atoms with Crippen molar-refractivity contribution in [2.24, 2.45) is 0 Å². The number of carboxylic acids is 1. The van der Waals surface area contributed by atoms with Crippen LogP contribution in [-0.2, 0) is 14.6 Å². The molecule has 1 amide bonds. The number of likely N-dealkylation sites (N-methyl/N-ethyl adjacent to an activating group) is 1. The maximum Gasteiger partial charge on any atom is 0.335 e. The van der Waals surface area contributed by atoms with E-state index in [1.807, 2.05) is 0 Å². The number of carbonyl (C=O) groups is 2. The van der Waals surface area contributed by atoms with Crippen LogP contribution in [-0.4, -0.2) is 61.0 Å². The number of carboxylic acid groups (broad SMARTS) is 1. The highest BCUT2D eigenvalue weighted by molar-refractivity contribution is 7.91. The maximum absolute atomic E-state index is 12.4. The Morgan fingerprint density at radius 2 is 2.09 bits per heavy atom. The molecule has 2 rings (SSSR count). The van der Waals surface area contributed by atoms with Gasteiger partial charge in [0.25, 0.3) is 5.91 Å². The number of hydrogen-bond donors (Lipinski definition) is 1. The summed E-state index contributed by atoms with van der Waals surface area (Å²) in [5.41, 5.74) is 0.0670. The number of amides is 1. The van der Waals surface area contributed by atoms with E-state index in [0.29, 0.717) is 6.42 Å². The topological polar surface area (TPSA) is 101 Å². The van der Waals surface area contributed by atoms with E-state index in [-0.39, 0.29) is 34.8 Å². The minimum Gasteiger partial charge on any atom is -0.481 e. The largest absolute Gasteiger partial charge is 0.481 e. The zero-order valence-electron chi connectivity index (χ0n) is 12.9. The van der Waals surface area contributed by atoms with Gasteiger partial charge >= 0.3 is 5.97 Å². The fraction of sp³-hybridized carbons (Fsp3) is 0.467. The molecule has 126 valence electrons. The van der Waals surface area contributed by atoms with E-state index in [9.17, 15) is 18.0 Å². The van der Waals surface area contributed by atoms with Crippen LogP contribution in [0.15, 0.2) is 24.3 Å². The first-order valence-corrected chi connectivity index (χ1v) is 8.99. The van der Waals surface area contributed by atoms with Gasteiger partial charge in [0.2, 0.25) is 0 Å². The predicted octanol–water partition coefficient (Wildman–Crippen LogP) is 0.798. The van der Waals surface area contributed by atoms with Gasteiger partial charge in [0, 0.05) is 13.1 Å². The summed E-state index contributed by atoms with van der Waals surface area (Å²) in [7, 11) is -1.52. The molecule has 0 aliphatic carbocycles. The number of sulfone groups is 1. The van der Waals surface area contributed by atoms with E-state index in [2.05, 4.69) is 0 Å². The maximum atomic E-state index is 12.4. The molecule has 1 fully saturated rings. The highest BCUT2D eigenvalue weighted by atomic mass is 32.2. The van der Waals surface area contributed by atoms with Gasteiger partial charge in [0.05, 0.1) is 17.1 Å². The lowest BCUT2D eigenvalue weighted by Gasteiger charge is -2.26. The molecule has 1 N–H and O–H groups in total. The average molecular weight is 341 g/mol. The Morgan fingerprint density at radius 1 is 1.39 bits per heavy atom. The first-order valence-electron chi connectivity index (χ1n) is 7.17. The summed E-state index contributed by atoms with van der Waals surface area (Å²) in [5, 5.41) is 8.95. The van der Waals surface area contributed by atoms with Crippen molar-refractivity contribution in [3.05, 3.63) is 29.8 Å². The Balaban J connectivity index is 2.02. The molecule has 0 saturated carbocycles. The molecular formula is C15H19NO6S. The Morgan fingerprint density at radius 3 is 2.65 bits per heavy atom. The molecular weight excluding hydrogens is 322 g/mol. The van der Waals surface area contributed by atoms with Crippen molar-refractivity contribution in [2.75, 3.05) is 18.6 Å². The van der Waals surface area contributed by atoms with Gasteiger partial charge in [-0.2, -0.15) is 0 Å². The Labute approximate surface area is 134 Å². The molecule has 2 atom stereocenters. The number of rotatable bonds is 5. The molecule has 1 saturated heterocycles. The molecule has 1 heterocycles. The van der Waals surface area contributed by atoms with Crippen molar-refractivity contribution in [3.63, 3.8) is 0 Å². The van der Waals surface area contributed by atoms with E-state index in [1.165, 1.54) is 23.1 Å². The summed E-state index contributed by atoms with van der Waals surface area (Å²) in [6.45, 7) is 1.55. The SMILES string of the molecule is C[C@H](Oc1cccc(C(=O)O)c1)C(=O)N(C)[C@@H]1CCS(=O)(=O)C1. The third-order valence-electron chi connectivity index (χ3n) is 3.85. The van der Waals surface area contributed by atoms with Crippen LogP contribution in [0.4, 0.5) is 0 Å². The summed E-state index contributed by atoms with van der Waals surface area (Å²) in [6, 6.07) is 5.52. The molecule has 8 heteroatoms. The highest BCUT2D eigenvalue weighted by Crippen LogP contribution is 2.19. The second kappa shape index (κ2) is 6.57. The van der Waals surface area contributed by atoms with Crippen LogP contribution < -0.4 is 4.74 Å². The number of aromatic carboxylic acids is 1. The van der Waals surface area contributed by atoms with Crippen LogP contribution in [0.25, 0.3) is 0 Å². The summed E-state index contributed by atoms with van der Waals surface area (Å²) < 4.78 is 28.5. The Hall–Kier alpha value is -2.09. The molecule has 1 aliphatic rings. The third-order valence-corrected chi connectivity index (χ3v) is 5.60. The van der Waals surface area contributed by atoms with Crippen LogP contribution in [0.5, 0.6) is 5.75 Å². The molecule has 0 radical (unpaired) electrons. The van der Waals surface area contributed by atoms with Crippen molar-refractivity contribution in [3.8, 4) is 5.75 Å². The quantitative estimate of drug-likeness (QED) is 0.850. The van der Waals surface area contributed by atoms with Gasteiger partial charge in [-0.25, -0.2) is 13.2 Å². The monoisotopic (exact) mass is 341 g/mol. The lowest BCUT2D eigenvalue weighted by molar-refractivity contribution is -0.138. The van der Waals surface area contributed by atoms with Crippen LogP contribution in [0.2, 0.25) is 0 Å². The van der Waals surface area contributed by atoms with E-state index < -0.39 is 21.9 Å². The third kappa shape index (κ3) is 4.22. The number of carbonyl (C=O) groups excluding carboxylic acids is 1. The minimum atomic E-state index is -3.07. The predicted molar refractivity (Wildman–Crippen MR) is 83.3 cm³/mol. The highest BCUT2D eigenvalue weighted by Gasteiger charge is 2.34. The zero-order valence-corrected chi connectivity index (χ0v) is 13.7. The smallest absolute Gasteiger partial charge is 0.335 e. The fourth-order valence-electron chi connectivity index (χ4n) is 2.50. The molecule has 0 spiro atoms. The first kappa shape index (κ1) is 17.3. The van der Waals surface area contributed by atoms with Crippen LogP contribution in [0.3, 0.4) is 0 Å². The standard InChI is InChI=1S/C15H19NO6S/c1-10(22-13-5-3-4-11(8-13)15(18)19)14(17)16(2)12-6-7-23(20,21)9-12/h3-5,8,10,12H,6-7,9H2,1-2H3,(H,18,19)/t10-,12+/m0/s1. The van der Waals surface area contributed by atoms with Crippen LogP contribution in [0, 0.1) is 0 Å². The normalized spacial score (nSPS) is 20.7. The second-order valence-corrected chi connectivity index (χ2v) is 7.83. The first-order chi connectivity index (χ1) is 10.7. The Bertz CT molecular complexity index is 714. The molecule has 0 aromatic heterocycles.